The smallest absolute Gasteiger partial charge is 0.267 e. The molecule has 1 N–H and O–H groups in total. The molecule has 0 unspecified atom stereocenters. The van der Waals surface area contributed by atoms with Gasteiger partial charge in [-0.1, -0.05) is 56.3 Å². The number of nitrogens with zero attached hydrogens (tertiary/aromatic N) is 2. The maximum absolute atomic E-state index is 12.5. The van der Waals surface area contributed by atoms with E-state index in [0.717, 1.165) is 11.1 Å². The van der Waals surface area contributed by atoms with Crippen molar-refractivity contribution in [1.29, 1.82) is 0 Å². The summed E-state index contributed by atoms with van der Waals surface area (Å²) in [5, 5.41) is 4.38. The second-order valence-electron chi connectivity index (χ2n) is 6.29. The molecular formula is C22H21N3O. The average molecular weight is 343 g/mol. The van der Waals surface area contributed by atoms with Crippen LogP contribution in [0.25, 0.3) is 0 Å². The zero-order chi connectivity index (χ0) is 18.4. The number of aromatic nitrogens is 1. The summed E-state index contributed by atoms with van der Waals surface area (Å²) in [5.41, 5.74) is 6.87. The van der Waals surface area contributed by atoms with Crippen LogP contribution in [0.4, 0.5) is 0 Å². The predicted octanol–water partition coefficient (Wildman–Crippen LogP) is 4.39. The van der Waals surface area contributed by atoms with Crippen molar-refractivity contribution in [3.8, 4) is 0 Å². The standard InChI is InChI=1S/C22H21N3O/c1-16(2)17-10-12-19(13-11-17)22(26)25-24-21(18-7-4-3-5-8-18)20-9-6-14-23-15-20/h3-16H,1-2H3,(H,25,26). The van der Waals surface area contributed by atoms with Crippen LogP contribution in [0.1, 0.15) is 46.8 Å². The molecule has 0 aliphatic heterocycles. The van der Waals surface area contributed by atoms with Crippen molar-refractivity contribution in [1.82, 2.24) is 10.4 Å². The van der Waals surface area contributed by atoms with E-state index in [-0.39, 0.29) is 5.91 Å². The normalized spacial score (nSPS) is 11.4. The lowest BCUT2D eigenvalue weighted by Crippen LogP contribution is -2.20. The molecule has 1 aromatic heterocycles. The lowest BCUT2D eigenvalue weighted by Gasteiger charge is -2.09. The fourth-order valence-electron chi connectivity index (χ4n) is 2.59. The molecule has 0 aliphatic rings. The number of rotatable bonds is 5. The van der Waals surface area contributed by atoms with Crippen LogP contribution >= 0.6 is 0 Å². The Morgan fingerprint density at radius 1 is 0.885 bits per heavy atom. The number of nitrogens with one attached hydrogen (secondary N) is 1. The molecule has 0 spiro atoms. The summed E-state index contributed by atoms with van der Waals surface area (Å²) in [6, 6.07) is 21.1. The van der Waals surface area contributed by atoms with Crippen molar-refractivity contribution < 1.29 is 4.79 Å². The van der Waals surface area contributed by atoms with Gasteiger partial charge in [0.15, 0.2) is 0 Å². The fraction of sp³-hybridized carbons (Fsp3) is 0.136. The monoisotopic (exact) mass is 343 g/mol. The van der Waals surface area contributed by atoms with Gasteiger partial charge in [0.05, 0.1) is 5.71 Å². The highest BCUT2D eigenvalue weighted by molar-refractivity contribution is 6.13. The van der Waals surface area contributed by atoms with E-state index in [1.165, 1.54) is 5.56 Å². The third-order valence-electron chi connectivity index (χ3n) is 4.09. The minimum Gasteiger partial charge on any atom is -0.267 e. The van der Waals surface area contributed by atoms with Gasteiger partial charge in [-0.15, -0.1) is 0 Å². The number of carbonyl (C=O) groups excluding carboxylic acids is 1. The number of hydrogen-bond acceptors (Lipinski definition) is 3. The predicted molar refractivity (Wildman–Crippen MR) is 104 cm³/mol. The van der Waals surface area contributed by atoms with E-state index in [2.05, 4.69) is 29.4 Å². The molecule has 1 heterocycles. The maximum atomic E-state index is 12.5. The molecule has 0 bridgehead atoms. The van der Waals surface area contributed by atoms with Crippen LogP contribution in [-0.4, -0.2) is 16.6 Å². The zero-order valence-electron chi connectivity index (χ0n) is 14.9. The molecule has 2 aromatic carbocycles. The number of hydrogen-bond donors (Lipinski definition) is 1. The van der Waals surface area contributed by atoms with Gasteiger partial charge in [0, 0.05) is 29.1 Å². The van der Waals surface area contributed by atoms with Gasteiger partial charge in [0.1, 0.15) is 0 Å². The number of pyridine rings is 1. The average Bonchev–Trinajstić information content (AvgIpc) is 2.69. The molecule has 0 saturated heterocycles. The van der Waals surface area contributed by atoms with Crippen molar-refractivity contribution in [3.05, 3.63) is 101 Å². The largest absolute Gasteiger partial charge is 0.271 e. The van der Waals surface area contributed by atoms with Gasteiger partial charge in [-0.25, -0.2) is 5.43 Å². The van der Waals surface area contributed by atoms with E-state index in [1.54, 1.807) is 12.4 Å². The molecule has 130 valence electrons. The van der Waals surface area contributed by atoms with Crippen LogP contribution in [0.3, 0.4) is 0 Å². The number of carbonyl (C=O) groups is 1. The summed E-state index contributed by atoms with van der Waals surface area (Å²) < 4.78 is 0. The third-order valence-corrected chi connectivity index (χ3v) is 4.09. The van der Waals surface area contributed by atoms with Crippen LogP contribution in [0.5, 0.6) is 0 Å². The van der Waals surface area contributed by atoms with Gasteiger partial charge in [-0.3, -0.25) is 9.78 Å². The Kier molecular flexibility index (Phi) is 5.54. The molecule has 0 fully saturated rings. The molecule has 0 saturated carbocycles. The van der Waals surface area contributed by atoms with Crippen LogP contribution < -0.4 is 5.43 Å². The second kappa shape index (κ2) is 8.21. The third kappa shape index (κ3) is 4.22. The summed E-state index contributed by atoms with van der Waals surface area (Å²) in [6.07, 6.45) is 3.44. The van der Waals surface area contributed by atoms with Crippen molar-refractivity contribution in [2.75, 3.05) is 0 Å². The number of benzene rings is 2. The first-order valence-corrected chi connectivity index (χ1v) is 8.59. The van der Waals surface area contributed by atoms with Crippen molar-refractivity contribution in [2.24, 2.45) is 5.10 Å². The van der Waals surface area contributed by atoms with E-state index >= 15 is 0 Å². The van der Waals surface area contributed by atoms with E-state index in [1.807, 2.05) is 66.7 Å². The molecule has 0 aliphatic carbocycles. The molecule has 3 rings (SSSR count). The van der Waals surface area contributed by atoms with E-state index in [4.69, 9.17) is 0 Å². The summed E-state index contributed by atoms with van der Waals surface area (Å²) >= 11 is 0. The summed E-state index contributed by atoms with van der Waals surface area (Å²) in [4.78, 5) is 16.6. The van der Waals surface area contributed by atoms with E-state index < -0.39 is 0 Å². The molecule has 3 aromatic rings. The van der Waals surface area contributed by atoms with Gasteiger partial charge in [-0.05, 0) is 35.7 Å². The van der Waals surface area contributed by atoms with Crippen LogP contribution in [0.15, 0.2) is 84.2 Å². The van der Waals surface area contributed by atoms with Crippen LogP contribution in [0, 0.1) is 0 Å². The molecular weight excluding hydrogens is 322 g/mol. The van der Waals surface area contributed by atoms with Crippen molar-refractivity contribution >= 4 is 11.6 Å². The summed E-state index contributed by atoms with van der Waals surface area (Å²) in [7, 11) is 0. The molecule has 0 atom stereocenters. The van der Waals surface area contributed by atoms with Crippen molar-refractivity contribution in [2.45, 2.75) is 19.8 Å². The fourth-order valence-corrected chi connectivity index (χ4v) is 2.59. The zero-order valence-corrected chi connectivity index (χ0v) is 14.9. The van der Waals surface area contributed by atoms with Gasteiger partial charge >= 0.3 is 0 Å². The highest BCUT2D eigenvalue weighted by atomic mass is 16.2. The molecule has 0 radical (unpaired) electrons. The first-order valence-electron chi connectivity index (χ1n) is 8.59. The van der Waals surface area contributed by atoms with Crippen LogP contribution in [-0.2, 0) is 0 Å². The summed E-state index contributed by atoms with van der Waals surface area (Å²) in [6.45, 7) is 4.25. The van der Waals surface area contributed by atoms with Crippen molar-refractivity contribution in [3.63, 3.8) is 0 Å². The lowest BCUT2D eigenvalue weighted by atomic mass is 10.0. The van der Waals surface area contributed by atoms with E-state index in [0.29, 0.717) is 17.2 Å². The second-order valence-corrected chi connectivity index (χ2v) is 6.29. The minimum atomic E-state index is -0.238. The topological polar surface area (TPSA) is 54.4 Å². The Hall–Kier alpha value is -3.27. The van der Waals surface area contributed by atoms with Gasteiger partial charge in [-0.2, -0.15) is 5.10 Å². The summed E-state index contributed by atoms with van der Waals surface area (Å²) in [5.74, 6) is 0.193. The minimum absolute atomic E-state index is 0.238. The molecule has 4 nitrogen and oxygen atoms in total. The first-order chi connectivity index (χ1) is 12.6. The molecule has 1 amide bonds. The molecule has 4 heteroatoms. The maximum Gasteiger partial charge on any atom is 0.271 e. The Morgan fingerprint density at radius 3 is 2.19 bits per heavy atom. The number of amides is 1. The Balaban J connectivity index is 1.85. The van der Waals surface area contributed by atoms with Gasteiger partial charge in [0.2, 0.25) is 0 Å². The molecule has 26 heavy (non-hydrogen) atoms. The van der Waals surface area contributed by atoms with E-state index in [9.17, 15) is 4.79 Å². The quantitative estimate of drug-likeness (QED) is 0.552. The Bertz CT molecular complexity index is 844. The van der Waals surface area contributed by atoms with Gasteiger partial charge < -0.3 is 0 Å². The highest BCUT2D eigenvalue weighted by Crippen LogP contribution is 2.15. The Morgan fingerprint density at radius 2 is 1.58 bits per heavy atom. The first kappa shape index (κ1) is 17.5. The van der Waals surface area contributed by atoms with Crippen LogP contribution in [0.2, 0.25) is 0 Å². The SMILES string of the molecule is CC(C)c1ccc(C(=O)NN=C(c2ccccc2)c2cccnc2)cc1. The Labute approximate surface area is 153 Å². The van der Waals surface area contributed by atoms with Gasteiger partial charge in [0.25, 0.3) is 5.91 Å². The number of hydrazone groups is 1. The lowest BCUT2D eigenvalue weighted by molar-refractivity contribution is 0.0955. The highest BCUT2D eigenvalue weighted by Gasteiger charge is 2.10.